The van der Waals surface area contributed by atoms with Crippen LogP contribution in [0.5, 0.6) is 0 Å². The van der Waals surface area contributed by atoms with E-state index in [1.807, 2.05) is 19.9 Å². The van der Waals surface area contributed by atoms with Gasteiger partial charge in [0.05, 0.1) is 4.99 Å². The number of halogens is 1. The summed E-state index contributed by atoms with van der Waals surface area (Å²) in [5.41, 5.74) is 7.01. The van der Waals surface area contributed by atoms with Crippen molar-refractivity contribution in [3.05, 3.63) is 28.8 Å². The molecule has 0 aromatic heterocycles. The highest BCUT2D eigenvalue weighted by Gasteiger charge is 2.08. The lowest BCUT2D eigenvalue weighted by Gasteiger charge is -2.14. The second-order valence-electron chi connectivity index (χ2n) is 4.13. The minimum absolute atomic E-state index is 0.108. The van der Waals surface area contributed by atoms with E-state index >= 15 is 0 Å². The number of carbonyl (C=O) groups excluding carboxylic acids is 1. The van der Waals surface area contributed by atoms with Gasteiger partial charge in [0.15, 0.2) is 0 Å². The number of urea groups is 1. The zero-order chi connectivity index (χ0) is 13.7. The van der Waals surface area contributed by atoms with E-state index in [2.05, 4.69) is 10.6 Å². The minimum atomic E-state index is -0.307. The third-order valence-electron chi connectivity index (χ3n) is 2.31. The minimum Gasteiger partial charge on any atom is -0.393 e. The fraction of sp³-hybridized carbons (Fsp3) is 0.333. The number of nitrogens with one attached hydrogen (secondary N) is 2. The second-order valence-corrected chi connectivity index (χ2v) is 5.07. The third-order valence-corrected chi connectivity index (χ3v) is 2.89. The molecule has 1 aromatic carbocycles. The van der Waals surface area contributed by atoms with Crippen LogP contribution in [0.1, 0.15) is 18.9 Å². The number of hydrogen-bond acceptors (Lipinski definition) is 2. The Morgan fingerprint density at radius 1 is 1.56 bits per heavy atom. The number of carbonyl (C=O) groups is 1. The zero-order valence-corrected chi connectivity index (χ0v) is 11.9. The normalized spacial score (nSPS) is 11.7. The number of rotatable bonds is 4. The van der Waals surface area contributed by atoms with Crippen molar-refractivity contribution in [3.63, 3.8) is 0 Å². The first-order valence-corrected chi connectivity index (χ1v) is 6.29. The van der Waals surface area contributed by atoms with Gasteiger partial charge in [-0.25, -0.2) is 4.79 Å². The lowest BCUT2D eigenvalue weighted by atomic mass is 10.2. The Labute approximate surface area is 117 Å². The van der Waals surface area contributed by atoms with Crippen LogP contribution >= 0.6 is 23.8 Å². The Kier molecular flexibility index (Phi) is 5.37. The van der Waals surface area contributed by atoms with Crippen molar-refractivity contribution in [1.29, 1.82) is 0 Å². The molecule has 0 saturated carbocycles. The Hall–Kier alpha value is -1.33. The summed E-state index contributed by atoms with van der Waals surface area (Å²) in [5, 5.41) is 6.04. The molecule has 0 bridgehead atoms. The number of thiocarbonyl (C=S) groups is 1. The maximum absolute atomic E-state index is 11.7. The smallest absolute Gasteiger partial charge is 0.319 e. The molecule has 98 valence electrons. The number of anilines is 1. The van der Waals surface area contributed by atoms with Gasteiger partial charge in [-0.2, -0.15) is 0 Å². The lowest BCUT2D eigenvalue weighted by Crippen LogP contribution is -2.38. The fourth-order valence-electron chi connectivity index (χ4n) is 1.41. The largest absolute Gasteiger partial charge is 0.393 e. The maximum atomic E-state index is 11.7. The van der Waals surface area contributed by atoms with E-state index < -0.39 is 0 Å². The van der Waals surface area contributed by atoms with Crippen molar-refractivity contribution < 1.29 is 4.79 Å². The van der Waals surface area contributed by atoms with Crippen LogP contribution in [0.4, 0.5) is 10.5 Å². The van der Waals surface area contributed by atoms with Gasteiger partial charge in [0.2, 0.25) is 0 Å². The average Bonchev–Trinajstić information content (AvgIpc) is 2.21. The SMILES string of the molecule is Cc1ccc(NC(=O)NC(C)CC(N)=S)cc1Cl. The molecule has 0 heterocycles. The second kappa shape index (κ2) is 6.56. The quantitative estimate of drug-likeness (QED) is 0.745. The maximum Gasteiger partial charge on any atom is 0.319 e. The Morgan fingerprint density at radius 3 is 2.78 bits per heavy atom. The summed E-state index contributed by atoms with van der Waals surface area (Å²) in [4.78, 5) is 12.0. The number of amides is 2. The van der Waals surface area contributed by atoms with Crippen LogP contribution in [0.2, 0.25) is 5.02 Å². The molecule has 0 aliphatic carbocycles. The lowest BCUT2D eigenvalue weighted by molar-refractivity contribution is 0.249. The first-order valence-electron chi connectivity index (χ1n) is 5.50. The molecule has 4 nitrogen and oxygen atoms in total. The number of benzene rings is 1. The molecule has 6 heteroatoms. The van der Waals surface area contributed by atoms with Crippen LogP contribution in [0.25, 0.3) is 0 Å². The van der Waals surface area contributed by atoms with Crippen LogP contribution in [0, 0.1) is 6.92 Å². The monoisotopic (exact) mass is 285 g/mol. The molecule has 1 rings (SSSR count). The van der Waals surface area contributed by atoms with Crippen molar-refractivity contribution in [3.8, 4) is 0 Å². The van der Waals surface area contributed by atoms with Gasteiger partial charge in [-0.1, -0.05) is 29.9 Å². The first-order chi connectivity index (χ1) is 8.38. The van der Waals surface area contributed by atoms with Crippen LogP contribution in [-0.2, 0) is 0 Å². The van der Waals surface area contributed by atoms with E-state index in [-0.39, 0.29) is 12.1 Å². The Morgan fingerprint density at radius 2 is 2.22 bits per heavy atom. The molecule has 0 spiro atoms. The van der Waals surface area contributed by atoms with Crippen molar-refractivity contribution >= 4 is 40.5 Å². The van der Waals surface area contributed by atoms with E-state index in [4.69, 9.17) is 29.6 Å². The van der Waals surface area contributed by atoms with Crippen molar-refractivity contribution in [2.24, 2.45) is 5.73 Å². The molecule has 1 atom stereocenters. The number of aryl methyl sites for hydroxylation is 1. The highest BCUT2D eigenvalue weighted by molar-refractivity contribution is 7.80. The Balaban J connectivity index is 2.54. The van der Waals surface area contributed by atoms with Gasteiger partial charge in [-0.15, -0.1) is 0 Å². The Bertz CT molecular complexity index is 465. The van der Waals surface area contributed by atoms with Crippen LogP contribution in [-0.4, -0.2) is 17.1 Å². The zero-order valence-electron chi connectivity index (χ0n) is 10.3. The van der Waals surface area contributed by atoms with E-state index in [9.17, 15) is 4.79 Å². The third kappa shape index (κ3) is 4.89. The van der Waals surface area contributed by atoms with Gasteiger partial charge >= 0.3 is 6.03 Å². The first kappa shape index (κ1) is 14.7. The molecule has 1 aromatic rings. The van der Waals surface area contributed by atoms with Gasteiger partial charge in [0.1, 0.15) is 0 Å². The van der Waals surface area contributed by atoms with E-state index in [0.29, 0.717) is 22.1 Å². The van der Waals surface area contributed by atoms with Crippen molar-refractivity contribution in [2.75, 3.05) is 5.32 Å². The molecule has 0 aliphatic rings. The molecule has 0 saturated heterocycles. The van der Waals surface area contributed by atoms with Crippen LogP contribution in [0.3, 0.4) is 0 Å². The predicted octanol–water partition coefficient (Wildman–Crippen LogP) is 2.83. The van der Waals surface area contributed by atoms with Crippen molar-refractivity contribution in [1.82, 2.24) is 5.32 Å². The summed E-state index contributed by atoms with van der Waals surface area (Å²) in [6.45, 7) is 3.73. The highest BCUT2D eigenvalue weighted by Crippen LogP contribution is 2.19. The van der Waals surface area contributed by atoms with Crippen molar-refractivity contribution in [2.45, 2.75) is 26.3 Å². The number of nitrogens with two attached hydrogens (primary N) is 1. The van der Waals surface area contributed by atoms with Crippen LogP contribution < -0.4 is 16.4 Å². The molecule has 1 unspecified atom stereocenters. The summed E-state index contributed by atoms with van der Waals surface area (Å²) in [7, 11) is 0. The predicted molar refractivity (Wildman–Crippen MR) is 79.2 cm³/mol. The summed E-state index contributed by atoms with van der Waals surface area (Å²) in [6.07, 6.45) is 0.470. The standard InChI is InChI=1S/C12H16ClN3OS/c1-7-3-4-9(6-10(7)13)16-12(17)15-8(2)5-11(14)18/h3-4,6,8H,5H2,1-2H3,(H2,14,18)(H2,15,16,17). The molecule has 4 N–H and O–H groups in total. The fourth-order valence-corrected chi connectivity index (χ4v) is 1.84. The van der Waals surface area contributed by atoms with E-state index in [1.54, 1.807) is 12.1 Å². The molecular formula is C12H16ClN3OS. The van der Waals surface area contributed by atoms with Gasteiger partial charge in [-0.3, -0.25) is 0 Å². The summed E-state index contributed by atoms with van der Waals surface area (Å²) in [5.74, 6) is 0. The summed E-state index contributed by atoms with van der Waals surface area (Å²) >= 11 is 10.7. The van der Waals surface area contributed by atoms with Crippen LogP contribution in [0.15, 0.2) is 18.2 Å². The molecule has 18 heavy (non-hydrogen) atoms. The molecular weight excluding hydrogens is 270 g/mol. The topological polar surface area (TPSA) is 67.2 Å². The van der Waals surface area contributed by atoms with Gasteiger partial charge in [-0.05, 0) is 31.5 Å². The van der Waals surface area contributed by atoms with Gasteiger partial charge in [0, 0.05) is 23.2 Å². The van der Waals surface area contributed by atoms with Gasteiger partial charge in [0.25, 0.3) is 0 Å². The van der Waals surface area contributed by atoms with E-state index in [1.165, 1.54) is 0 Å². The molecule has 0 fully saturated rings. The summed E-state index contributed by atoms with van der Waals surface area (Å²) < 4.78 is 0. The van der Waals surface area contributed by atoms with E-state index in [0.717, 1.165) is 5.56 Å². The number of hydrogen-bond donors (Lipinski definition) is 3. The molecule has 0 radical (unpaired) electrons. The highest BCUT2D eigenvalue weighted by atomic mass is 35.5. The summed E-state index contributed by atoms with van der Waals surface area (Å²) in [6, 6.07) is 4.92. The molecule has 0 aliphatic heterocycles. The molecule has 2 amide bonds. The average molecular weight is 286 g/mol. The van der Waals surface area contributed by atoms with Gasteiger partial charge < -0.3 is 16.4 Å².